The van der Waals surface area contributed by atoms with Gasteiger partial charge in [0.15, 0.2) is 11.6 Å². The van der Waals surface area contributed by atoms with E-state index < -0.39 is 17.3 Å². The Bertz CT molecular complexity index is 491. The SMILES string of the molecule is CC(CC(C)(NC1CC1)C(N)=O)Oc1ccccc1F. The third-order valence-electron chi connectivity index (χ3n) is 3.50. The Labute approximate surface area is 118 Å². The molecule has 0 heterocycles. The van der Waals surface area contributed by atoms with Gasteiger partial charge in [0.05, 0.1) is 11.6 Å². The van der Waals surface area contributed by atoms with Crippen molar-refractivity contribution < 1.29 is 13.9 Å². The number of para-hydroxylation sites is 1. The van der Waals surface area contributed by atoms with Gasteiger partial charge in [-0.2, -0.15) is 0 Å². The van der Waals surface area contributed by atoms with E-state index in [9.17, 15) is 9.18 Å². The maximum atomic E-state index is 13.5. The van der Waals surface area contributed by atoms with E-state index in [1.54, 1.807) is 25.1 Å². The maximum Gasteiger partial charge on any atom is 0.237 e. The van der Waals surface area contributed by atoms with Gasteiger partial charge in [-0.15, -0.1) is 0 Å². The van der Waals surface area contributed by atoms with Gasteiger partial charge < -0.3 is 15.8 Å². The van der Waals surface area contributed by atoms with Gasteiger partial charge in [0.25, 0.3) is 0 Å². The summed E-state index contributed by atoms with van der Waals surface area (Å²) in [5, 5.41) is 3.25. The van der Waals surface area contributed by atoms with Crippen molar-refractivity contribution in [3.8, 4) is 5.75 Å². The van der Waals surface area contributed by atoms with Gasteiger partial charge >= 0.3 is 0 Å². The molecule has 2 rings (SSSR count). The number of halogens is 1. The molecule has 1 amide bonds. The predicted octanol–water partition coefficient (Wildman–Crippen LogP) is 1.98. The molecule has 1 fully saturated rings. The van der Waals surface area contributed by atoms with Crippen LogP contribution in [0.5, 0.6) is 5.75 Å². The standard InChI is InChI=1S/C15H21FN2O2/c1-10(20-13-6-4-3-5-12(13)16)9-15(2,14(17)19)18-11-7-8-11/h3-6,10-11,18H,7-9H2,1-2H3,(H2,17,19). The zero-order valence-corrected chi connectivity index (χ0v) is 11.9. The highest BCUT2D eigenvalue weighted by molar-refractivity contribution is 5.84. The summed E-state index contributed by atoms with van der Waals surface area (Å²) in [6.07, 6.45) is 2.19. The monoisotopic (exact) mass is 280 g/mol. The van der Waals surface area contributed by atoms with Crippen molar-refractivity contribution in [3.63, 3.8) is 0 Å². The van der Waals surface area contributed by atoms with Gasteiger partial charge in [-0.1, -0.05) is 12.1 Å². The second-order valence-corrected chi connectivity index (χ2v) is 5.68. The quantitative estimate of drug-likeness (QED) is 0.802. The van der Waals surface area contributed by atoms with Crippen LogP contribution in [0.2, 0.25) is 0 Å². The summed E-state index contributed by atoms with van der Waals surface area (Å²) in [6, 6.07) is 6.59. The number of nitrogens with one attached hydrogen (secondary N) is 1. The van der Waals surface area contributed by atoms with Crippen LogP contribution in [0.25, 0.3) is 0 Å². The molecule has 0 aliphatic heterocycles. The van der Waals surface area contributed by atoms with Crippen molar-refractivity contribution in [2.24, 2.45) is 5.73 Å². The first-order valence-corrected chi connectivity index (χ1v) is 6.89. The van der Waals surface area contributed by atoms with Crippen LogP contribution < -0.4 is 15.8 Å². The molecule has 2 unspecified atom stereocenters. The first kappa shape index (κ1) is 14.8. The van der Waals surface area contributed by atoms with E-state index in [1.165, 1.54) is 6.07 Å². The molecule has 0 saturated heterocycles. The van der Waals surface area contributed by atoms with Crippen LogP contribution in [-0.4, -0.2) is 23.6 Å². The molecule has 3 N–H and O–H groups in total. The van der Waals surface area contributed by atoms with E-state index in [1.807, 2.05) is 6.92 Å². The molecule has 20 heavy (non-hydrogen) atoms. The molecule has 110 valence electrons. The predicted molar refractivity (Wildman–Crippen MR) is 74.9 cm³/mol. The molecule has 1 aromatic carbocycles. The van der Waals surface area contributed by atoms with Crippen LogP contribution in [0, 0.1) is 5.82 Å². The highest BCUT2D eigenvalue weighted by Gasteiger charge is 2.38. The summed E-state index contributed by atoms with van der Waals surface area (Å²) in [5.74, 6) is -0.623. The molecule has 0 radical (unpaired) electrons. The van der Waals surface area contributed by atoms with Crippen molar-refractivity contribution in [1.82, 2.24) is 5.32 Å². The topological polar surface area (TPSA) is 64.3 Å². The number of primary amides is 1. The Morgan fingerprint density at radius 3 is 2.75 bits per heavy atom. The molecule has 5 heteroatoms. The molecule has 1 saturated carbocycles. The molecule has 0 aromatic heterocycles. The van der Waals surface area contributed by atoms with Gasteiger partial charge in [-0.05, 0) is 38.8 Å². The lowest BCUT2D eigenvalue weighted by molar-refractivity contribution is -0.124. The van der Waals surface area contributed by atoms with E-state index >= 15 is 0 Å². The lowest BCUT2D eigenvalue weighted by Gasteiger charge is -2.30. The van der Waals surface area contributed by atoms with E-state index in [4.69, 9.17) is 10.5 Å². The number of rotatable bonds is 7. The Hall–Kier alpha value is -1.62. The van der Waals surface area contributed by atoms with Crippen molar-refractivity contribution in [3.05, 3.63) is 30.1 Å². The minimum absolute atomic E-state index is 0.193. The fourth-order valence-corrected chi connectivity index (χ4v) is 2.28. The fourth-order valence-electron chi connectivity index (χ4n) is 2.28. The highest BCUT2D eigenvalue weighted by atomic mass is 19.1. The van der Waals surface area contributed by atoms with Crippen LogP contribution in [0.3, 0.4) is 0 Å². The molecule has 4 nitrogen and oxygen atoms in total. The molecule has 2 atom stereocenters. The van der Waals surface area contributed by atoms with Crippen LogP contribution in [0.4, 0.5) is 4.39 Å². The number of hydrogen-bond donors (Lipinski definition) is 2. The van der Waals surface area contributed by atoms with Gasteiger partial charge in [0.1, 0.15) is 0 Å². The van der Waals surface area contributed by atoms with E-state index in [0.717, 1.165) is 12.8 Å². The molecule has 1 aromatic rings. The minimum atomic E-state index is -0.828. The number of nitrogens with two attached hydrogens (primary N) is 1. The lowest BCUT2D eigenvalue weighted by atomic mass is 9.93. The summed E-state index contributed by atoms with van der Waals surface area (Å²) in [5.41, 5.74) is 4.66. The maximum absolute atomic E-state index is 13.5. The van der Waals surface area contributed by atoms with Crippen molar-refractivity contribution >= 4 is 5.91 Å². The van der Waals surface area contributed by atoms with Gasteiger partial charge in [-0.25, -0.2) is 4.39 Å². The normalized spacial score (nSPS) is 19.1. The zero-order valence-electron chi connectivity index (χ0n) is 11.9. The minimum Gasteiger partial charge on any atom is -0.488 e. The van der Waals surface area contributed by atoms with E-state index in [-0.39, 0.29) is 11.9 Å². The Morgan fingerprint density at radius 2 is 2.20 bits per heavy atom. The van der Waals surface area contributed by atoms with Gasteiger partial charge in [0, 0.05) is 12.5 Å². The number of benzene rings is 1. The third kappa shape index (κ3) is 3.70. The summed E-state index contributed by atoms with van der Waals surface area (Å²) in [6.45, 7) is 3.58. The van der Waals surface area contributed by atoms with Crippen LogP contribution in [-0.2, 0) is 4.79 Å². The average Bonchev–Trinajstić information content (AvgIpc) is 3.15. The van der Waals surface area contributed by atoms with Crippen molar-refractivity contribution in [2.45, 2.75) is 50.8 Å². The van der Waals surface area contributed by atoms with Crippen molar-refractivity contribution in [2.75, 3.05) is 0 Å². The smallest absolute Gasteiger partial charge is 0.237 e. The van der Waals surface area contributed by atoms with Crippen molar-refractivity contribution in [1.29, 1.82) is 0 Å². The first-order chi connectivity index (χ1) is 9.40. The van der Waals surface area contributed by atoms with E-state index in [0.29, 0.717) is 12.5 Å². The first-order valence-electron chi connectivity index (χ1n) is 6.89. The number of ether oxygens (including phenoxy) is 1. The lowest BCUT2D eigenvalue weighted by Crippen LogP contribution is -2.55. The highest BCUT2D eigenvalue weighted by Crippen LogP contribution is 2.26. The molecular formula is C15H21FN2O2. The second kappa shape index (κ2) is 5.79. The average molecular weight is 280 g/mol. The number of hydrogen-bond acceptors (Lipinski definition) is 3. The molecular weight excluding hydrogens is 259 g/mol. The van der Waals surface area contributed by atoms with Gasteiger partial charge in [0.2, 0.25) is 5.91 Å². The number of amides is 1. The Kier molecular flexibility index (Phi) is 4.28. The second-order valence-electron chi connectivity index (χ2n) is 5.68. The Morgan fingerprint density at radius 1 is 1.55 bits per heavy atom. The summed E-state index contributed by atoms with van der Waals surface area (Å²) in [7, 11) is 0. The largest absolute Gasteiger partial charge is 0.488 e. The van der Waals surface area contributed by atoms with Crippen LogP contribution >= 0.6 is 0 Å². The van der Waals surface area contributed by atoms with Crippen LogP contribution in [0.1, 0.15) is 33.1 Å². The van der Waals surface area contributed by atoms with E-state index in [2.05, 4.69) is 5.32 Å². The third-order valence-corrected chi connectivity index (χ3v) is 3.50. The fraction of sp³-hybridized carbons (Fsp3) is 0.533. The molecule has 0 bridgehead atoms. The summed E-state index contributed by atoms with van der Waals surface area (Å²) in [4.78, 5) is 11.7. The molecule has 0 spiro atoms. The van der Waals surface area contributed by atoms with Gasteiger partial charge in [-0.3, -0.25) is 4.79 Å². The molecule has 1 aliphatic rings. The summed E-state index contributed by atoms with van der Waals surface area (Å²) >= 11 is 0. The number of carbonyl (C=O) groups excluding carboxylic acids is 1. The zero-order chi connectivity index (χ0) is 14.8. The number of carbonyl (C=O) groups is 1. The summed E-state index contributed by atoms with van der Waals surface area (Å²) < 4.78 is 19.1. The Balaban J connectivity index is 1.99. The molecule has 1 aliphatic carbocycles. The van der Waals surface area contributed by atoms with Crippen LogP contribution in [0.15, 0.2) is 24.3 Å².